The molecule has 1 saturated carbocycles. The predicted molar refractivity (Wildman–Crippen MR) is 101 cm³/mol. The molecule has 2 heterocycles. The van der Waals surface area contributed by atoms with Crippen molar-refractivity contribution < 1.29 is 14.0 Å². The Kier molecular flexibility index (Phi) is 4.40. The maximum Gasteiger partial charge on any atom is 0.321 e. The second kappa shape index (κ2) is 6.62. The van der Waals surface area contributed by atoms with Gasteiger partial charge in [-0.25, -0.2) is 9.18 Å². The first-order valence-corrected chi connectivity index (χ1v) is 9.70. The maximum absolute atomic E-state index is 13.1. The molecule has 27 heavy (non-hydrogen) atoms. The lowest BCUT2D eigenvalue weighted by Gasteiger charge is -2.27. The van der Waals surface area contributed by atoms with Gasteiger partial charge in [-0.15, -0.1) is 0 Å². The molecule has 0 aromatic heterocycles. The molecule has 2 aliphatic heterocycles. The van der Waals surface area contributed by atoms with Gasteiger partial charge in [0.05, 0.1) is 0 Å². The highest BCUT2D eigenvalue weighted by atomic mass is 19.1. The molecule has 3 aliphatic rings. The zero-order valence-electron chi connectivity index (χ0n) is 15.7. The van der Waals surface area contributed by atoms with Crippen molar-refractivity contribution in [2.24, 2.45) is 16.8 Å². The molecule has 0 radical (unpaired) electrons. The van der Waals surface area contributed by atoms with Gasteiger partial charge in [0.2, 0.25) is 0 Å². The standard InChI is InChI=1S/C20H25FN4O2/c1-3-17-23-20(18(26)25(17)4-2)10-9-13-11-24(12-16(13)20)19(27)22-15-7-5-14(21)6-8-15/h5-8,13,16H,3-4,9-12H2,1-2H3,(H,22,27)/t13-,16+,20-/m1/s1. The van der Waals surface area contributed by atoms with Gasteiger partial charge in [0.25, 0.3) is 5.91 Å². The Labute approximate surface area is 158 Å². The van der Waals surface area contributed by atoms with Gasteiger partial charge >= 0.3 is 6.03 Å². The molecule has 6 nitrogen and oxygen atoms in total. The summed E-state index contributed by atoms with van der Waals surface area (Å²) < 4.78 is 13.0. The van der Waals surface area contributed by atoms with Crippen LogP contribution in [-0.2, 0) is 4.79 Å². The molecule has 144 valence electrons. The van der Waals surface area contributed by atoms with E-state index in [2.05, 4.69) is 5.32 Å². The molecule has 1 aromatic rings. The summed E-state index contributed by atoms with van der Waals surface area (Å²) in [5.74, 6) is 1.01. The third kappa shape index (κ3) is 2.80. The minimum atomic E-state index is -0.684. The highest BCUT2D eigenvalue weighted by Crippen LogP contribution is 2.50. The number of fused-ring (bicyclic) bond motifs is 2. The van der Waals surface area contributed by atoms with Gasteiger partial charge in [-0.05, 0) is 49.9 Å². The number of amides is 3. The SMILES string of the molecule is CCC1=N[C@@]2(CC[C@@H]3CN(C(=O)Nc4ccc(F)cc4)C[C@@H]32)C(=O)N1CC. The molecule has 0 bridgehead atoms. The largest absolute Gasteiger partial charge is 0.324 e. The van der Waals surface area contributed by atoms with Crippen molar-refractivity contribution in [1.82, 2.24) is 9.80 Å². The van der Waals surface area contributed by atoms with Crippen LogP contribution in [0.2, 0.25) is 0 Å². The van der Waals surface area contributed by atoms with E-state index < -0.39 is 5.54 Å². The van der Waals surface area contributed by atoms with Gasteiger partial charge < -0.3 is 10.2 Å². The number of carbonyl (C=O) groups excluding carboxylic acids is 2. The van der Waals surface area contributed by atoms with Crippen molar-refractivity contribution in [2.45, 2.75) is 38.6 Å². The van der Waals surface area contributed by atoms with Crippen LogP contribution in [0.4, 0.5) is 14.9 Å². The third-order valence-corrected chi connectivity index (χ3v) is 6.22. The first kappa shape index (κ1) is 17.9. The maximum atomic E-state index is 13.1. The van der Waals surface area contributed by atoms with Crippen molar-refractivity contribution >= 4 is 23.5 Å². The molecule has 1 N–H and O–H groups in total. The average molecular weight is 372 g/mol. The molecule has 3 atom stereocenters. The van der Waals surface area contributed by atoms with Gasteiger partial charge in [-0.1, -0.05) is 6.92 Å². The number of aliphatic imine (C=N–C) groups is 1. The van der Waals surface area contributed by atoms with Gasteiger partial charge in [-0.2, -0.15) is 0 Å². The second-order valence-electron chi connectivity index (χ2n) is 7.60. The summed E-state index contributed by atoms with van der Waals surface area (Å²) in [7, 11) is 0. The van der Waals surface area contributed by atoms with Crippen molar-refractivity contribution in [3.8, 4) is 0 Å². The molecule has 7 heteroatoms. The number of hydrogen-bond acceptors (Lipinski definition) is 3. The summed E-state index contributed by atoms with van der Waals surface area (Å²) in [5.41, 5.74) is -0.120. The Bertz CT molecular complexity index is 794. The highest BCUT2D eigenvalue weighted by Gasteiger charge is 2.61. The smallest absolute Gasteiger partial charge is 0.321 e. The van der Waals surface area contributed by atoms with Gasteiger partial charge in [0, 0.05) is 37.7 Å². The topological polar surface area (TPSA) is 65.0 Å². The first-order chi connectivity index (χ1) is 13.0. The summed E-state index contributed by atoms with van der Waals surface area (Å²) in [5, 5.41) is 2.82. The quantitative estimate of drug-likeness (QED) is 0.886. The Morgan fingerprint density at radius 1 is 1.30 bits per heavy atom. The van der Waals surface area contributed by atoms with E-state index in [1.165, 1.54) is 12.1 Å². The summed E-state index contributed by atoms with van der Waals surface area (Å²) in [6.45, 7) is 5.81. The fourth-order valence-corrected chi connectivity index (χ4v) is 4.89. The van der Waals surface area contributed by atoms with Crippen LogP contribution in [0.5, 0.6) is 0 Å². The van der Waals surface area contributed by atoms with E-state index in [0.29, 0.717) is 31.2 Å². The lowest BCUT2D eigenvalue weighted by Crippen LogP contribution is -2.47. The number of benzene rings is 1. The fourth-order valence-electron chi connectivity index (χ4n) is 4.89. The molecular weight excluding hydrogens is 347 g/mol. The Morgan fingerprint density at radius 2 is 2.04 bits per heavy atom. The van der Waals surface area contributed by atoms with Crippen molar-refractivity contribution in [1.29, 1.82) is 0 Å². The van der Waals surface area contributed by atoms with Gasteiger partial charge in [-0.3, -0.25) is 14.7 Å². The number of likely N-dealkylation sites (N-methyl/N-ethyl adjacent to an activating group) is 1. The number of amidine groups is 1. The number of carbonyl (C=O) groups is 2. The van der Waals surface area contributed by atoms with Crippen LogP contribution in [0.25, 0.3) is 0 Å². The predicted octanol–water partition coefficient (Wildman–Crippen LogP) is 3.11. The first-order valence-electron chi connectivity index (χ1n) is 9.70. The number of nitrogens with one attached hydrogen (secondary N) is 1. The van der Waals surface area contributed by atoms with Crippen LogP contribution >= 0.6 is 0 Å². The second-order valence-corrected chi connectivity index (χ2v) is 7.60. The molecule has 1 saturated heterocycles. The van der Waals surface area contributed by atoms with Crippen LogP contribution in [0.15, 0.2) is 29.3 Å². The zero-order chi connectivity index (χ0) is 19.2. The summed E-state index contributed by atoms with van der Waals surface area (Å²) in [6.07, 6.45) is 2.43. The molecule has 2 fully saturated rings. The number of nitrogens with zero attached hydrogens (tertiary/aromatic N) is 3. The van der Waals surface area contributed by atoms with Crippen LogP contribution in [0.1, 0.15) is 33.1 Å². The Balaban J connectivity index is 1.50. The zero-order valence-corrected chi connectivity index (χ0v) is 15.7. The molecule has 1 spiro atoms. The monoisotopic (exact) mass is 372 g/mol. The molecular formula is C20H25FN4O2. The van der Waals surface area contributed by atoms with Crippen LogP contribution in [0.3, 0.4) is 0 Å². The lowest BCUT2D eigenvalue weighted by atomic mass is 9.85. The number of rotatable bonds is 3. The number of hydrogen-bond donors (Lipinski definition) is 1. The van der Waals surface area contributed by atoms with Gasteiger partial charge in [0.1, 0.15) is 17.2 Å². The molecule has 3 amide bonds. The van der Waals surface area contributed by atoms with Crippen molar-refractivity contribution in [3.63, 3.8) is 0 Å². The number of likely N-dealkylation sites (tertiary alicyclic amines) is 1. The van der Waals surface area contributed by atoms with E-state index in [0.717, 1.165) is 25.1 Å². The van der Waals surface area contributed by atoms with Gasteiger partial charge in [0.15, 0.2) is 0 Å². The fraction of sp³-hybridized carbons (Fsp3) is 0.550. The van der Waals surface area contributed by atoms with Crippen molar-refractivity contribution in [2.75, 3.05) is 25.0 Å². The minimum Gasteiger partial charge on any atom is -0.324 e. The summed E-state index contributed by atoms with van der Waals surface area (Å²) >= 11 is 0. The molecule has 1 aliphatic carbocycles. The van der Waals surface area contributed by atoms with Crippen molar-refractivity contribution in [3.05, 3.63) is 30.1 Å². The number of urea groups is 1. The normalized spacial score (nSPS) is 29.4. The van der Waals surface area contributed by atoms with Crippen LogP contribution in [-0.4, -0.2) is 52.7 Å². The molecule has 1 aromatic carbocycles. The minimum absolute atomic E-state index is 0.0714. The molecule has 4 rings (SSSR count). The van der Waals surface area contributed by atoms with Crippen LogP contribution in [0, 0.1) is 17.7 Å². The summed E-state index contributed by atoms with van der Waals surface area (Å²) in [6, 6.07) is 5.53. The summed E-state index contributed by atoms with van der Waals surface area (Å²) in [4.78, 5) is 34.2. The van der Waals surface area contributed by atoms with Crippen LogP contribution < -0.4 is 5.32 Å². The van der Waals surface area contributed by atoms with E-state index in [9.17, 15) is 14.0 Å². The number of halogens is 1. The number of anilines is 1. The van der Waals surface area contributed by atoms with E-state index in [4.69, 9.17) is 4.99 Å². The third-order valence-electron chi connectivity index (χ3n) is 6.22. The molecule has 0 unspecified atom stereocenters. The highest BCUT2D eigenvalue weighted by molar-refractivity contribution is 6.08. The van der Waals surface area contributed by atoms with E-state index in [1.54, 1.807) is 17.0 Å². The van der Waals surface area contributed by atoms with E-state index >= 15 is 0 Å². The Hall–Kier alpha value is -2.44. The van der Waals surface area contributed by atoms with E-state index in [-0.39, 0.29) is 23.7 Å². The Morgan fingerprint density at radius 3 is 2.67 bits per heavy atom. The van der Waals surface area contributed by atoms with E-state index in [1.807, 2.05) is 18.7 Å². The lowest BCUT2D eigenvalue weighted by molar-refractivity contribution is -0.132. The average Bonchev–Trinajstić information content (AvgIpc) is 3.31.